The molecule has 0 saturated heterocycles. The highest BCUT2D eigenvalue weighted by molar-refractivity contribution is 9.10. The Kier molecular flexibility index (Phi) is 4.24. The summed E-state index contributed by atoms with van der Waals surface area (Å²) < 4.78 is 6.98. The standard InChI is InChI=1S/C14H18BrNO/c1-3-7-16-12(4-2)14-9-10-8-11(15)5-6-13(10)17-14/h5-6,8-9,12,16H,3-4,7H2,1-2H3. The summed E-state index contributed by atoms with van der Waals surface area (Å²) in [6.45, 7) is 5.38. The molecule has 2 nitrogen and oxygen atoms in total. The molecule has 0 radical (unpaired) electrons. The van der Waals surface area contributed by atoms with Crippen molar-refractivity contribution in [1.29, 1.82) is 0 Å². The van der Waals surface area contributed by atoms with Gasteiger partial charge in [-0.2, -0.15) is 0 Å². The van der Waals surface area contributed by atoms with E-state index in [4.69, 9.17) is 4.42 Å². The molecule has 2 aromatic rings. The molecular weight excluding hydrogens is 278 g/mol. The second-order valence-electron chi connectivity index (χ2n) is 4.25. The van der Waals surface area contributed by atoms with Gasteiger partial charge in [0.25, 0.3) is 0 Å². The number of halogens is 1. The van der Waals surface area contributed by atoms with E-state index in [1.165, 1.54) is 0 Å². The lowest BCUT2D eigenvalue weighted by atomic mass is 10.1. The van der Waals surface area contributed by atoms with Crippen LogP contribution in [0.3, 0.4) is 0 Å². The number of rotatable bonds is 5. The third-order valence-electron chi connectivity index (χ3n) is 2.89. The van der Waals surface area contributed by atoms with Crippen LogP contribution >= 0.6 is 15.9 Å². The summed E-state index contributed by atoms with van der Waals surface area (Å²) in [5.41, 5.74) is 0.958. The highest BCUT2D eigenvalue weighted by Crippen LogP contribution is 2.27. The minimum absolute atomic E-state index is 0.320. The molecule has 0 aliphatic rings. The van der Waals surface area contributed by atoms with Gasteiger partial charge in [-0.25, -0.2) is 0 Å². The lowest BCUT2D eigenvalue weighted by Gasteiger charge is -2.13. The van der Waals surface area contributed by atoms with E-state index in [-0.39, 0.29) is 0 Å². The normalized spacial score (nSPS) is 13.1. The number of fused-ring (bicyclic) bond motifs is 1. The monoisotopic (exact) mass is 295 g/mol. The first-order chi connectivity index (χ1) is 8.24. The van der Waals surface area contributed by atoms with Gasteiger partial charge in [-0.15, -0.1) is 0 Å². The zero-order chi connectivity index (χ0) is 12.3. The fraction of sp³-hybridized carbons (Fsp3) is 0.429. The summed E-state index contributed by atoms with van der Waals surface area (Å²) >= 11 is 3.48. The van der Waals surface area contributed by atoms with Crippen molar-refractivity contribution in [3.05, 3.63) is 34.5 Å². The number of hydrogen-bond acceptors (Lipinski definition) is 2. The molecule has 1 N–H and O–H groups in total. The van der Waals surface area contributed by atoms with E-state index in [9.17, 15) is 0 Å². The summed E-state index contributed by atoms with van der Waals surface area (Å²) in [5, 5.41) is 4.66. The molecule has 0 saturated carbocycles. The smallest absolute Gasteiger partial charge is 0.134 e. The SMILES string of the molecule is CCCNC(CC)c1cc2cc(Br)ccc2o1. The molecule has 0 aliphatic heterocycles. The van der Waals surface area contributed by atoms with Crippen LogP contribution in [0.25, 0.3) is 11.0 Å². The fourth-order valence-corrected chi connectivity index (χ4v) is 2.35. The Morgan fingerprint density at radius 1 is 1.29 bits per heavy atom. The van der Waals surface area contributed by atoms with E-state index in [0.717, 1.165) is 40.6 Å². The largest absolute Gasteiger partial charge is 0.459 e. The lowest BCUT2D eigenvalue weighted by Crippen LogP contribution is -2.20. The third kappa shape index (κ3) is 2.90. The summed E-state index contributed by atoms with van der Waals surface area (Å²) in [5.74, 6) is 1.04. The Bertz CT molecular complexity index is 492. The van der Waals surface area contributed by atoms with Crippen LogP contribution in [-0.2, 0) is 0 Å². The van der Waals surface area contributed by atoms with Gasteiger partial charge in [0.1, 0.15) is 11.3 Å². The van der Waals surface area contributed by atoms with Gasteiger partial charge < -0.3 is 9.73 Å². The quantitative estimate of drug-likeness (QED) is 0.869. The number of hydrogen-bond donors (Lipinski definition) is 1. The predicted molar refractivity (Wildman–Crippen MR) is 75.2 cm³/mol. The minimum atomic E-state index is 0.320. The van der Waals surface area contributed by atoms with E-state index >= 15 is 0 Å². The van der Waals surface area contributed by atoms with Crippen LogP contribution in [0.4, 0.5) is 0 Å². The van der Waals surface area contributed by atoms with Gasteiger partial charge in [-0.1, -0.05) is 29.8 Å². The van der Waals surface area contributed by atoms with Crippen LogP contribution in [0.2, 0.25) is 0 Å². The van der Waals surface area contributed by atoms with Crippen LogP contribution in [0.1, 0.15) is 38.5 Å². The van der Waals surface area contributed by atoms with Crippen LogP contribution in [-0.4, -0.2) is 6.54 Å². The molecule has 0 aliphatic carbocycles. The van der Waals surface area contributed by atoms with Gasteiger partial charge in [0, 0.05) is 9.86 Å². The second kappa shape index (κ2) is 5.69. The van der Waals surface area contributed by atoms with Crippen molar-refractivity contribution in [3.63, 3.8) is 0 Å². The van der Waals surface area contributed by atoms with Crippen molar-refractivity contribution >= 4 is 26.9 Å². The predicted octanol–water partition coefficient (Wildman–Crippen LogP) is 4.65. The molecule has 0 spiro atoms. The van der Waals surface area contributed by atoms with Crippen LogP contribution in [0.5, 0.6) is 0 Å². The van der Waals surface area contributed by atoms with E-state index in [1.54, 1.807) is 0 Å². The molecule has 3 heteroatoms. The molecule has 1 aromatic carbocycles. The van der Waals surface area contributed by atoms with Gasteiger partial charge in [0.15, 0.2) is 0 Å². The molecule has 17 heavy (non-hydrogen) atoms. The van der Waals surface area contributed by atoms with Crippen molar-refractivity contribution in [3.8, 4) is 0 Å². The van der Waals surface area contributed by atoms with E-state index in [2.05, 4.69) is 47.2 Å². The topological polar surface area (TPSA) is 25.2 Å². The average Bonchev–Trinajstić information content (AvgIpc) is 2.72. The summed E-state index contributed by atoms with van der Waals surface area (Å²) in [7, 11) is 0. The minimum Gasteiger partial charge on any atom is -0.459 e. The maximum atomic E-state index is 5.89. The van der Waals surface area contributed by atoms with Crippen molar-refractivity contribution in [1.82, 2.24) is 5.32 Å². The van der Waals surface area contributed by atoms with Gasteiger partial charge in [-0.3, -0.25) is 0 Å². The fourth-order valence-electron chi connectivity index (χ4n) is 1.97. The Morgan fingerprint density at radius 2 is 2.12 bits per heavy atom. The number of nitrogens with one attached hydrogen (secondary N) is 1. The molecule has 0 bridgehead atoms. The van der Waals surface area contributed by atoms with E-state index in [1.807, 2.05) is 12.1 Å². The van der Waals surface area contributed by atoms with Crippen molar-refractivity contribution in [2.75, 3.05) is 6.54 Å². The molecular formula is C14H18BrNO. The molecule has 0 fully saturated rings. The van der Waals surface area contributed by atoms with Crippen molar-refractivity contribution in [2.24, 2.45) is 0 Å². The van der Waals surface area contributed by atoms with Crippen LogP contribution in [0, 0.1) is 0 Å². The highest BCUT2D eigenvalue weighted by Gasteiger charge is 2.13. The molecule has 1 heterocycles. The van der Waals surface area contributed by atoms with Crippen LogP contribution < -0.4 is 5.32 Å². The van der Waals surface area contributed by atoms with Crippen molar-refractivity contribution < 1.29 is 4.42 Å². The Balaban J connectivity index is 2.27. The Morgan fingerprint density at radius 3 is 2.82 bits per heavy atom. The summed E-state index contributed by atoms with van der Waals surface area (Å²) in [6.07, 6.45) is 2.18. The zero-order valence-corrected chi connectivity index (χ0v) is 11.9. The maximum absolute atomic E-state index is 5.89. The van der Waals surface area contributed by atoms with Gasteiger partial charge in [0.2, 0.25) is 0 Å². The molecule has 92 valence electrons. The van der Waals surface area contributed by atoms with E-state index < -0.39 is 0 Å². The Hall–Kier alpha value is -0.800. The number of benzene rings is 1. The first kappa shape index (κ1) is 12.7. The first-order valence-corrected chi connectivity index (χ1v) is 6.96. The molecule has 1 unspecified atom stereocenters. The summed E-state index contributed by atoms with van der Waals surface area (Å²) in [6, 6.07) is 8.57. The average molecular weight is 296 g/mol. The number of furan rings is 1. The maximum Gasteiger partial charge on any atom is 0.134 e. The first-order valence-electron chi connectivity index (χ1n) is 6.17. The van der Waals surface area contributed by atoms with Gasteiger partial charge >= 0.3 is 0 Å². The molecule has 2 rings (SSSR count). The van der Waals surface area contributed by atoms with E-state index in [0.29, 0.717) is 6.04 Å². The highest BCUT2D eigenvalue weighted by atomic mass is 79.9. The second-order valence-corrected chi connectivity index (χ2v) is 5.16. The Labute approximate surface area is 111 Å². The lowest BCUT2D eigenvalue weighted by molar-refractivity contribution is 0.421. The molecule has 1 aromatic heterocycles. The van der Waals surface area contributed by atoms with Gasteiger partial charge in [-0.05, 0) is 43.7 Å². The summed E-state index contributed by atoms with van der Waals surface area (Å²) in [4.78, 5) is 0. The van der Waals surface area contributed by atoms with Gasteiger partial charge in [0.05, 0.1) is 6.04 Å². The third-order valence-corrected chi connectivity index (χ3v) is 3.38. The van der Waals surface area contributed by atoms with Crippen molar-refractivity contribution in [2.45, 2.75) is 32.7 Å². The van der Waals surface area contributed by atoms with Crippen LogP contribution in [0.15, 0.2) is 33.2 Å². The molecule has 1 atom stereocenters. The zero-order valence-electron chi connectivity index (χ0n) is 10.3. The molecule has 0 amide bonds.